The molecule has 0 amide bonds. The average molecular weight is 220 g/mol. The van der Waals surface area contributed by atoms with Crippen LogP contribution < -0.4 is 0 Å². The Morgan fingerprint density at radius 3 is 2.69 bits per heavy atom. The van der Waals surface area contributed by atoms with E-state index in [1.54, 1.807) is 5.57 Å². The van der Waals surface area contributed by atoms with Gasteiger partial charge in [-0.2, -0.15) is 0 Å². The molecule has 0 radical (unpaired) electrons. The lowest BCUT2D eigenvalue weighted by atomic mass is 9.74. The van der Waals surface area contributed by atoms with Crippen molar-refractivity contribution in [2.45, 2.75) is 71.0 Å². The van der Waals surface area contributed by atoms with Gasteiger partial charge in [-0.25, -0.2) is 0 Å². The van der Waals surface area contributed by atoms with E-state index in [1.165, 1.54) is 18.4 Å². The molecule has 1 fully saturated rings. The van der Waals surface area contributed by atoms with E-state index in [1.807, 2.05) is 0 Å². The standard InChI is InChI=1S/C15H24O/c1-12(2)6-5-9-15(4)13-7-10-14(3,16-15)11-8-13/h6-7H,5,8-11H2,1-4H3/t14-,15?/m0/s1. The number of hydrogen-bond acceptors (Lipinski definition) is 1. The molecule has 90 valence electrons. The number of hydrogen-bond donors (Lipinski definition) is 0. The molecule has 1 nitrogen and oxygen atoms in total. The minimum absolute atomic E-state index is 0.0111. The topological polar surface area (TPSA) is 9.23 Å². The molecule has 2 atom stereocenters. The summed E-state index contributed by atoms with van der Waals surface area (Å²) in [7, 11) is 0. The van der Waals surface area contributed by atoms with Gasteiger partial charge in [-0.3, -0.25) is 0 Å². The van der Waals surface area contributed by atoms with Gasteiger partial charge in [-0.1, -0.05) is 17.7 Å². The van der Waals surface area contributed by atoms with Crippen LogP contribution in [0.1, 0.15) is 59.8 Å². The van der Waals surface area contributed by atoms with Gasteiger partial charge in [0.05, 0.1) is 11.2 Å². The van der Waals surface area contributed by atoms with Crippen LogP contribution in [0.4, 0.5) is 0 Å². The van der Waals surface area contributed by atoms with E-state index in [-0.39, 0.29) is 11.2 Å². The third-order valence-electron chi connectivity index (χ3n) is 4.03. The fourth-order valence-corrected chi connectivity index (χ4v) is 2.97. The molecule has 0 aromatic heterocycles. The van der Waals surface area contributed by atoms with Crippen molar-refractivity contribution in [2.24, 2.45) is 0 Å². The fourth-order valence-electron chi connectivity index (χ4n) is 2.97. The van der Waals surface area contributed by atoms with E-state index in [0.29, 0.717) is 0 Å². The molecule has 0 spiro atoms. The predicted octanol–water partition coefficient (Wildman–Crippen LogP) is 4.39. The van der Waals surface area contributed by atoms with Crippen molar-refractivity contribution in [3.8, 4) is 0 Å². The lowest BCUT2D eigenvalue weighted by Gasteiger charge is -2.50. The monoisotopic (exact) mass is 220 g/mol. The van der Waals surface area contributed by atoms with Crippen LogP contribution in [0.15, 0.2) is 23.3 Å². The van der Waals surface area contributed by atoms with Gasteiger partial charge in [-0.15, -0.1) is 0 Å². The van der Waals surface area contributed by atoms with Crippen molar-refractivity contribution in [3.63, 3.8) is 0 Å². The van der Waals surface area contributed by atoms with E-state index in [0.717, 1.165) is 19.3 Å². The van der Waals surface area contributed by atoms with Gasteiger partial charge in [-0.05, 0) is 65.4 Å². The zero-order valence-corrected chi connectivity index (χ0v) is 11.1. The van der Waals surface area contributed by atoms with Crippen LogP contribution >= 0.6 is 0 Å². The van der Waals surface area contributed by atoms with Crippen LogP contribution in [0, 0.1) is 0 Å². The molecule has 1 heteroatoms. The van der Waals surface area contributed by atoms with Gasteiger partial charge in [0.15, 0.2) is 0 Å². The first-order valence-corrected chi connectivity index (χ1v) is 6.47. The molecular formula is C15H24O. The zero-order chi connectivity index (χ0) is 11.8. The highest BCUT2D eigenvalue weighted by Gasteiger charge is 2.45. The van der Waals surface area contributed by atoms with Crippen LogP contribution in [0.5, 0.6) is 0 Å². The minimum atomic E-state index is 0.0111. The van der Waals surface area contributed by atoms with Crippen molar-refractivity contribution in [2.75, 3.05) is 0 Å². The Morgan fingerprint density at radius 1 is 1.44 bits per heavy atom. The molecule has 0 aromatic rings. The molecule has 2 heterocycles. The van der Waals surface area contributed by atoms with Gasteiger partial charge >= 0.3 is 0 Å². The number of ether oxygens (including phenoxy) is 1. The van der Waals surface area contributed by atoms with E-state index in [9.17, 15) is 0 Å². The molecule has 0 saturated carbocycles. The molecule has 3 aliphatic rings. The maximum absolute atomic E-state index is 6.34. The summed E-state index contributed by atoms with van der Waals surface area (Å²) in [5.74, 6) is 0. The lowest BCUT2D eigenvalue weighted by Crippen LogP contribution is -2.49. The Labute approximate surface area is 99.6 Å². The van der Waals surface area contributed by atoms with E-state index in [4.69, 9.17) is 4.74 Å². The highest BCUT2D eigenvalue weighted by molar-refractivity contribution is 5.25. The van der Waals surface area contributed by atoms with Gasteiger partial charge in [0.1, 0.15) is 0 Å². The Kier molecular flexibility index (Phi) is 3.00. The second kappa shape index (κ2) is 4.03. The first-order chi connectivity index (χ1) is 7.44. The number of fused-ring (bicyclic) bond motifs is 3. The Bertz CT molecular complexity index is 335. The Hall–Kier alpha value is -0.560. The molecule has 16 heavy (non-hydrogen) atoms. The minimum Gasteiger partial charge on any atom is -0.364 e. The molecule has 1 unspecified atom stereocenters. The number of allylic oxidation sites excluding steroid dienone is 2. The van der Waals surface area contributed by atoms with Gasteiger partial charge < -0.3 is 4.74 Å². The van der Waals surface area contributed by atoms with Crippen LogP contribution in [0.25, 0.3) is 0 Å². The largest absolute Gasteiger partial charge is 0.364 e. The summed E-state index contributed by atoms with van der Waals surface area (Å²) in [5.41, 5.74) is 3.07. The average Bonchev–Trinajstić information content (AvgIpc) is 2.16. The van der Waals surface area contributed by atoms with Crippen molar-refractivity contribution >= 4 is 0 Å². The fraction of sp³-hybridized carbons (Fsp3) is 0.733. The van der Waals surface area contributed by atoms with Crippen LogP contribution in [0.3, 0.4) is 0 Å². The first-order valence-electron chi connectivity index (χ1n) is 6.47. The maximum Gasteiger partial charge on any atom is 0.0874 e. The molecule has 2 bridgehead atoms. The van der Waals surface area contributed by atoms with Crippen LogP contribution in [0.2, 0.25) is 0 Å². The Morgan fingerprint density at radius 2 is 2.19 bits per heavy atom. The van der Waals surface area contributed by atoms with Crippen LogP contribution in [-0.4, -0.2) is 11.2 Å². The first kappa shape index (κ1) is 11.9. The summed E-state index contributed by atoms with van der Waals surface area (Å²) in [4.78, 5) is 0. The lowest BCUT2D eigenvalue weighted by molar-refractivity contribution is -0.157. The normalized spacial score (nSPS) is 37.1. The van der Waals surface area contributed by atoms with E-state index < -0.39 is 0 Å². The highest BCUT2D eigenvalue weighted by Crippen LogP contribution is 2.47. The van der Waals surface area contributed by atoms with Gasteiger partial charge in [0, 0.05) is 0 Å². The van der Waals surface area contributed by atoms with Gasteiger partial charge in [0.2, 0.25) is 0 Å². The second-order valence-electron chi connectivity index (χ2n) is 6.04. The molecule has 0 N–H and O–H groups in total. The smallest absolute Gasteiger partial charge is 0.0874 e. The predicted molar refractivity (Wildman–Crippen MR) is 68.5 cm³/mol. The molecule has 1 saturated heterocycles. The van der Waals surface area contributed by atoms with Crippen molar-refractivity contribution < 1.29 is 4.74 Å². The summed E-state index contributed by atoms with van der Waals surface area (Å²) in [6, 6.07) is 0. The van der Waals surface area contributed by atoms with E-state index in [2.05, 4.69) is 39.8 Å². The summed E-state index contributed by atoms with van der Waals surface area (Å²) in [6.07, 6.45) is 10.6. The molecule has 2 aliphatic heterocycles. The molecule has 0 aromatic carbocycles. The van der Waals surface area contributed by atoms with Crippen LogP contribution in [-0.2, 0) is 4.74 Å². The number of rotatable bonds is 3. The van der Waals surface area contributed by atoms with Crippen molar-refractivity contribution in [3.05, 3.63) is 23.3 Å². The maximum atomic E-state index is 6.34. The van der Waals surface area contributed by atoms with Gasteiger partial charge in [0.25, 0.3) is 0 Å². The summed E-state index contributed by atoms with van der Waals surface area (Å²) >= 11 is 0. The quantitative estimate of drug-likeness (QED) is 0.641. The molecular weight excluding hydrogens is 196 g/mol. The molecule has 3 rings (SSSR count). The van der Waals surface area contributed by atoms with E-state index >= 15 is 0 Å². The molecule has 1 aliphatic carbocycles. The van der Waals surface area contributed by atoms with Crippen molar-refractivity contribution in [1.82, 2.24) is 0 Å². The summed E-state index contributed by atoms with van der Waals surface area (Å²) in [5, 5.41) is 0. The Balaban J connectivity index is 2.06. The second-order valence-corrected chi connectivity index (χ2v) is 6.04. The zero-order valence-electron chi connectivity index (χ0n) is 11.1. The highest BCUT2D eigenvalue weighted by atomic mass is 16.5. The third-order valence-corrected chi connectivity index (χ3v) is 4.03. The van der Waals surface area contributed by atoms with Crippen molar-refractivity contribution in [1.29, 1.82) is 0 Å². The summed E-state index contributed by atoms with van der Waals surface area (Å²) in [6.45, 7) is 8.86. The summed E-state index contributed by atoms with van der Waals surface area (Å²) < 4.78 is 6.34. The third kappa shape index (κ3) is 2.24. The SMILES string of the molecule is CC(C)=CCCC1(C)O[C@@]2(C)CC=C1CC2.